The van der Waals surface area contributed by atoms with Crippen LogP contribution in [0.15, 0.2) is 48.5 Å². The largest absolute Gasteiger partial charge is 0.358 e. The Balaban J connectivity index is -0.0000000343. The Morgan fingerprint density at radius 2 is 0.760 bits per heavy atom. The first kappa shape index (κ1) is 44.8. The van der Waals surface area contributed by atoms with Crippen LogP contribution in [0.3, 0.4) is 0 Å². The predicted octanol–water partition coefficient (Wildman–Crippen LogP) is 8.14. The Morgan fingerprint density at radius 3 is 0.840 bits per heavy atom. The maximum atomic E-state index is 3.03. The quantitative estimate of drug-likeness (QED) is 0.324. The van der Waals surface area contributed by atoms with Gasteiger partial charge in [-0.05, 0) is 0 Å². The summed E-state index contributed by atoms with van der Waals surface area (Å²) in [7, 11) is 0. The summed E-state index contributed by atoms with van der Waals surface area (Å²) in [5, 5.41) is 0. The molecule has 0 unspecified atom stereocenters. The minimum atomic E-state index is 0. The third kappa shape index (κ3) is 45.6. The van der Waals surface area contributed by atoms with E-state index in [2.05, 4.69) is 12.1 Å². The zero-order valence-corrected chi connectivity index (χ0v) is 24.5. The number of rotatable bonds is 0. The summed E-state index contributed by atoms with van der Waals surface area (Å²) in [5.74, 6) is 0. The van der Waals surface area contributed by atoms with Crippen LogP contribution in [0.5, 0.6) is 0 Å². The normalized spacial score (nSPS) is 5.84. The zero-order chi connectivity index (χ0) is 18.2. The first-order valence-corrected chi connectivity index (χ1v) is 8.65. The van der Waals surface area contributed by atoms with Crippen molar-refractivity contribution >= 4 is 0 Å². The third-order valence-corrected chi connectivity index (χ3v) is 1.73. The third-order valence-electron chi connectivity index (χ3n) is 1.73. The number of benzene rings is 2. The molecule has 0 spiro atoms. The maximum absolute atomic E-state index is 3.03. The van der Waals surface area contributed by atoms with Crippen LogP contribution >= 0.6 is 0 Å². The van der Waals surface area contributed by atoms with Gasteiger partial charge < -0.3 is 7.43 Å². The summed E-state index contributed by atoms with van der Waals surface area (Å²) in [4.78, 5) is 0. The van der Waals surface area contributed by atoms with E-state index in [-0.39, 0.29) is 72.8 Å². The van der Waals surface area contributed by atoms with Crippen molar-refractivity contribution < 1.29 is 65.4 Å². The van der Waals surface area contributed by atoms with Crippen LogP contribution in [0.25, 0.3) is 0 Å². The summed E-state index contributed by atoms with van der Waals surface area (Å²) in [5.41, 5.74) is 2.39. The molecule has 25 heavy (non-hydrogen) atoms. The van der Waals surface area contributed by atoms with Crippen molar-refractivity contribution in [1.82, 2.24) is 0 Å². The van der Waals surface area contributed by atoms with Gasteiger partial charge in [0.15, 0.2) is 0 Å². The van der Waals surface area contributed by atoms with Crippen LogP contribution in [0.1, 0.15) is 66.5 Å². The van der Waals surface area contributed by atoms with Crippen molar-refractivity contribution in [2.24, 2.45) is 0 Å². The number of hydrogen-bond donors (Lipinski definition) is 0. The van der Waals surface area contributed by atoms with E-state index in [9.17, 15) is 0 Å². The Morgan fingerprint density at radius 1 is 0.520 bits per heavy atom. The van der Waals surface area contributed by atoms with Gasteiger partial charge in [-0.15, -0.1) is 0 Å². The standard InChI is InChI=1S/2C7H7.4C2H6.CH3.2Y/c2*1-7-5-3-2-4-6-7;4*1-2;;;/h2*2-5H,1H3;4*1-2H3;1H3;;/q2*-1;;;;;-1;;. The second-order valence-corrected chi connectivity index (χ2v) is 3.09. The van der Waals surface area contributed by atoms with Crippen LogP contribution in [-0.2, 0) is 65.4 Å². The Kier molecular flexibility index (Phi) is 89.1. The topological polar surface area (TPSA) is 0 Å². The minimum absolute atomic E-state index is 0. The Labute approximate surface area is 211 Å². The Bertz CT molecular complexity index is 307. The molecule has 0 nitrogen and oxygen atoms in total. The molecule has 0 saturated heterocycles. The molecule has 0 heterocycles. The van der Waals surface area contributed by atoms with Crippen molar-refractivity contribution in [3.05, 3.63) is 79.2 Å². The maximum Gasteiger partial charge on any atom is 0 e. The number of aryl methyl sites for hydroxylation is 2. The van der Waals surface area contributed by atoms with Gasteiger partial charge in [-0.2, -0.15) is 71.8 Å². The molecule has 0 saturated carbocycles. The fraction of sp³-hybridized carbons (Fsp3) is 0.435. The molecule has 2 aromatic rings. The minimum Gasteiger partial charge on any atom is -0.358 e. The van der Waals surface area contributed by atoms with E-state index in [1.165, 1.54) is 11.1 Å². The molecule has 0 bridgehead atoms. The molecule has 0 aliphatic rings. The van der Waals surface area contributed by atoms with Gasteiger partial charge in [0.1, 0.15) is 0 Å². The van der Waals surface area contributed by atoms with E-state index in [1.54, 1.807) is 0 Å². The fourth-order valence-electron chi connectivity index (χ4n) is 0.966. The average molecular weight is 495 g/mol. The second kappa shape index (κ2) is 49.7. The SMILES string of the molecule is CC.CC.CC.CC.Cc1[c-]cccc1.Cc1[c-]cccc1.[CH3-].[Y].[Y]. The zero-order valence-electron chi connectivity index (χ0n) is 18.8. The number of hydrogen-bond acceptors (Lipinski definition) is 0. The monoisotopic (exact) mass is 495 g/mol. The van der Waals surface area contributed by atoms with Gasteiger partial charge in [0.25, 0.3) is 0 Å². The van der Waals surface area contributed by atoms with Crippen molar-refractivity contribution in [3.8, 4) is 0 Å². The second-order valence-electron chi connectivity index (χ2n) is 3.09. The van der Waals surface area contributed by atoms with Crippen molar-refractivity contribution in [3.63, 3.8) is 0 Å². The van der Waals surface area contributed by atoms with E-state index in [1.807, 2.05) is 118 Å². The van der Waals surface area contributed by atoms with Gasteiger partial charge in [0.05, 0.1) is 0 Å². The first-order valence-electron chi connectivity index (χ1n) is 8.65. The predicted molar refractivity (Wildman–Crippen MR) is 112 cm³/mol. The van der Waals surface area contributed by atoms with Gasteiger partial charge in [-0.1, -0.05) is 69.2 Å². The Hall–Kier alpha value is 0.648. The van der Waals surface area contributed by atoms with Gasteiger partial charge in [-0.3, -0.25) is 0 Å². The van der Waals surface area contributed by atoms with E-state index >= 15 is 0 Å². The average Bonchev–Trinajstić information content (AvgIpc) is 2.64. The molecule has 0 atom stereocenters. The van der Waals surface area contributed by atoms with E-state index in [0.29, 0.717) is 0 Å². The molecule has 0 fully saturated rings. The van der Waals surface area contributed by atoms with Crippen LogP contribution in [0.2, 0.25) is 0 Å². The fourth-order valence-corrected chi connectivity index (χ4v) is 0.966. The van der Waals surface area contributed by atoms with Gasteiger partial charge >= 0.3 is 0 Å². The molecule has 0 amide bonds. The van der Waals surface area contributed by atoms with Gasteiger partial charge in [-0.25, -0.2) is 0 Å². The van der Waals surface area contributed by atoms with Crippen molar-refractivity contribution in [2.75, 3.05) is 0 Å². The molecular weight excluding hydrogens is 454 g/mol. The van der Waals surface area contributed by atoms with E-state index < -0.39 is 0 Å². The molecule has 2 heteroatoms. The van der Waals surface area contributed by atoms with Crippen LogP contribution in [-0.4, -0.2) is 0 Å². The molecule has 0 aliphatic carbocycles. The van der Waals surface area contributed by atoms with Crippen molar-refractivity contribution in [2.45, 2.75) is 69.2 Å². The van der Waals surface area contributed by atoms with E-state index in [0.717, 1.165) is 0 Å². The first-order chi connectivity index (χ1) is 10.8. The van der Waals surface area contributed by atoms with Gasteiger partial charge in [0, 0.05) is 65.4 Å². The van der Waals surface area contributed by atoms with Crippen LogP contribution in [0.4, 0.5) is 0 Å². The summed E-state index contributed by atoms with van der Waals surface area (Å²) in [6.07, 6.45) is 0. The smallest absolute Gasteiger partial charge is 0 e. The van der Waals surface area contributed by atoms with Crippen LogP contribution in [0, 0.1) is 33.4 Å². The molecule has 0 aromatic heterocycles. The molecular formula is C23H41Y2-3. The molecule has 0 aliphatic heterocycles. The van der Waals surface area contributed by atoms with Gasteiger partial charge in [0.2, 0.25) is 0 Å². The summed E-state index contributed by atoms with van der Waals surface area (Å²) < 4.78 is 0. The summed E-state index contributed by atoms with van der Waals surface area (Å²) >= 11 is 0. The molecule has 0 N–H and O–H groups in total. The summed E-state index contributed by atoms with van der Waals surface area (Å²) in [6.45, 7) is 20.1. The molecule has 142 valence electrons. The molecule has 2 aromatic carbocycles. The van der Waals surface area contributed by atoms with Crippen molar-refractivity contribution in [1.29, 1.82) is 0 Å². The molecule has 2 radical (unpaired) electrons. The summed E-state index contributed by atoms with van der Waals surface area (Å²) in [6, 6.07) is 21.9. The van der Waals surface area contributed by atoms with Crippen LogP contribution < -0.4 is 0 Å². The van der Waals surface area contributed by atoms with E-state index in [4.69, 9.17) is 0 Å². The molecule has 2 rings (SSSR count).